The summed E-state index contributed by atoms with van der Waals surface area (Å²) in [5, 5.41) is 2.39. The zero-order valence-corrected chi connectivity index (χ0v) is 12.3. The molecule has 0 saturated heterocycles. The number of fused-ring (bicyclic) bond motifs is 1. The minimum Gasteiger partial charge on any atom is -0.399 e. The largest absolute Gasteiger partial charge is 0.399 e. The van der Waals surface area contributed by atoms with Crippen LogP contribution >= 0.6 is 11.8 Å². The molecule has 1 atom stereocenters. The second-order valence-corrected chi connectivity index (χ2v) is 9.93. The third-order valence-electron chi connectivity index (χ3n) is 2.67. The SMILES string of the molecule is CCS(=O)(=O)C1(S(=O)(=O)O)Nc2ccc(N)cc2S1. The maximum Gasteiger partial charge on any atom is 0.318 e. The molecule has 1 aliphatic heterocycles. The fourth-order valence-electron chi connectivity index (χ4n) is 1.67. The van der Waals surface area contributed by atoms with Crippen LogP contribution in [0.25, 0.3) is 0 Å². The van der Waals surface area contributed by atoms with E-state index in [0.717, 1.165) is 0 Å². The Morgan fingerprint density at radius 1 is 1.37 bits per heavy atom. The highest BCUT2D eigenvalue weighted by molar-refractivity contribution is 8.28. The van der Waals surface area contributed by atoms with Crippen molar-refractivity contribution in [1.82, 2.24) is 0 Å². The van der Waals surface area contributed by atoms with Gasteiger partial charge in [-0.15, -0.1) is 0 Å². The number of anilines is 2. The van der Waals surface area contributed by atoms with Crippen molar-refractivity contribution < 1.29 is 21.4 Å². The molecule has 0 amide bonds. The predicted molar refractivity (Wildman–Crippen MR) is 74.1 cm³/mol. The Balaban J connectivity index is 2.66. The number of nitrogen functional groups attached to an aromatic ring is 1. The molecule has 1 heterocycles. The van der Waals surface area contributed by atoms with Gasteiger partial charge >= 0.3 is 13.7 Å². The molecule has 2 rings (SSSR count). The first-order chi connectivity index (χ1) is 8.63. The van der Waals surface area contributed by atoms with Gasteiger partial charge < -0.3 is 11.1 Å². The number of thioether (sulfide) groups is 1. The van der Waals surface area contributed by atoms with Crippen molar-refractivity contribution in [3.63, 3.8) is 0 Å². The lowest BCUT2D eigenvalue weighted by Gasteiger charge is -2.24. The van der Waals surface area contributed by atoms with Crippen molar-refractivity contribution in [2.24, 2.45) is 0 Å². The van der Waals surface area contributed by atoms with Crippen LogP contribution in [0.3, 0.4) is 0 Å². The lowest BCUT2D eigenvalue weighted by atomic mass is 10.3. The summed E-state index contributed by atoms with van der Waals surface area (Å²) >= 11 is 0.519. The molecule has 0 saturated carbocycles. The third-order valence-corrected chi connectivity index (χ3v) is 9.34. The van der Waals surface area contributed by atoms with Crippen LogP contribution in [-0.2, 0) is 20.0 Å². The van der Waals surface area contributed by atoms with Crippen molar-refractivity contribution in [2.75, 3.05) is 16.8 Å². The lowest BCUT2D eigenvalue weighted by molar-refractivity contribution is 0.476. The Bertz CT molecular complexity index is 728. The van der Waals surface area contributed by atoms with Crippen molar-refractivity contribution in [2.45, 2.75) is 15.4 Å². The number of nitrogens with two attached hydrogens (primary N) is 1. The van der Waals surface area contributed by atoms with Gasteiger partial charge in [-0.2, -0.15) is 8.42 Å². The van der Waals surface area contributed by atoms with Gasteiger partial charge in [0.25, 0.3) is 0 Å². The van der Waals surface area contributed by atoms with E-state index in [2.05, 4.69) is 5.32 Å². The topological polar surface area (TPSA) is 127 Å². The zero-order chi connectivity index (χ0) is 14.5. The Kier molecular flexibility index (Phi) is 3.24. The van der Waals surface area contributed by atoms with E-state index < -0.39 is 29.2 Å². The molecule has 0 fully saturated rings. The van der Waals surface area contributed by atoms with Gasteiger partial charge in [0.15, 0.2) is 0 Å². The van der Waals surface area contributed by atoms with E-state index in [9.17, 15) is 21.4 Å². The van der Waals surface area contributed by atoms with Crippen LogP contribution < -0.4 is 11.1 Å². The Morgan fingerprint density at radius 3 is 2.53 bits per heavy atom. The number of hydrogen-bond donors (Lipinski definition) is 3. The van der Waals surface area contributed by atoms with Crippen LogP contribution in [-0.4, -0.2) is 30.7 Å². The van der Waals surface area contributed by atoms with Gasteiger partial charge in [0.1, 0.15) is 0 Å². The Hall–Kier alpha value is -0.970. The standard InChI is InChI=1S/C9H12N2O5S3/c1-2-18(12,13)9(19(14,15)16)11-7-4-3-6(10)5-8(7)17-9/h3-5,11H,2,10H2,1H3,(H,14,15,16). The summed E-state index contributed by atoms with van der Waals surface area (Å²) in [5.74, 6) is -0.434. The number of rotatable bonds is 3. The number of benzene rings is 1. The second-order valence-electron chi connectivity index (χ2n) is 3.92. The molecule has 0 aliphatic carbocycles. The number of nitrogens with one attached hydrogen (secondary N) is 1. The molecule has 0 spiro atoms. The molecule has 1 aliphatic rings. The van der Waals surface area contributed by atoms with E-state index in [1.165, 1.54) is 25.1 Å². The molecule has 4 N–H and O–H groups in total. The normalized spacial score (nSPS) is 22.8. The lowest BCUT2D eigenvalue weighted by Crippen LogP contribution is -2.48. The van der Waals surface area contributed by atoms with Gasteiger partial charge in [0, 0.05) is 10.6 Å². The van der Waals surface area contributed by atoms with Gasteiger partial charge in [0.2, 0.25) is 9.84 Å². The van der Waals surface area contributed by atoms with Crippen molar-refractivity contribution in [3.05, 3.63) is 18.2 Å². The number of sulfone groups is 1. The van der Waals surface area contributed by atoms with E-state index in [1.807, 2.05) is 0 Å². The maximum atomic E-state index is 12.1. The fourth-order valence-corrected chi connectivity index (χ4v) is 6.89. The van der Waals surface area contributed by atoms with Gasteiger partial charge in [-0.3, -0.25) is 4.55 Å². The highest BCUT2D eigenvalue weighted by Gasteiger charge is 2.58. The first-order valence-electron chi connectivity index (χ1n) is 5.19. The smallest absolute Gasteiger partial charge is 0.318 e. The minimum atomic E-state index is -4.89. The highest BCUT2D eigenvalue weighted by Crippen LogP contribution is 2.51. The molecule has 19 heavy (non-hydrogen) atoms. The average Bonchev–Trinajstić information content (AvgIpc) is 2.68. The quantitative estimate of drug-likeness (QED) is 0.548. The molecular weight excluding hydrogens is 312 g/mol. The first-order valence-corrected chi connectivity index (χ1v) is 9.10. The van der Waals surface area contributed by atoms with E-state index in [1.54, 1.807) is 0 Å². The Morgan fingerprint density at radius 2 is 2.00 bits per heavy atom. The molecule has 10 heteroatoms. The van der Waals surface area contributed by atoms with Crippen molar-refractivity contribution >= 4 is 43.1 Å². The fraction of sp³-hybridized carbons (Fsp3) is 0.333. The summed E-state index contributed by atoms with van der Waals surface area (Å²) in [5.41, 5.74) is 6.24. The molecule has 0 aromatic heterocycles. The molecule has 1 aromatic carbocycles. The van der Waals surface area contributed by atoms with Crippen LogP contribution in [0.1, 0.15) is 6.92 Å². The average molecular weight is 324 g/mol. The maximum absolute atomic E-state index is 12.1. The van der Waals surface area contributed by atoms with Crippen LogP contribution in [0, 0.1) is 0 Å². The van der Waals surface area contributed by atoms with E-state index in [4.69, 9.17) is 5.73 Å². The minimum absolute atomic E-state index is 0.300. The van der Waals surface area contributed by atoms with E-state index in [-0.39, 0.29) is 0 Å². The van der Waals surface area contributed by atoms with Crippen LogP contribution in [0.5, 0.6) is 0 Å². The van der Waals surface area contributed by atoms with Gasteiger partial charge in [-0.25, -0.2) is 8.42 Å². The van der Waals surface area contributed by atoms with E-state index >= 15 is 0 Å². The van der Waals surface area contributed by atoms with Gasteiger partial charge in [-0.1, -0.05) is 18.7 Å². The summed E-state index contributed by atoms with van der Waals surface area (Å²) in [6, 6.07) is 4.42. The molecule has 1 aromatic rings. The highest BCUT2D eigenvalue weighted by atomic mass is 32.3. The molecule has 7 nitrogen and oxygen atoms in total. The van der Waals surface area contributed by atoms with Gasteiger partial charge in [-0.05, 0) is 18.2 Å². The second kappa shape index (κ2) is 4.27. The zero-order valence-electron chi connectivity index (χ0n) is 9.82. The van der Waals surface area contributed by atoms with Crippen LogP contribution in [0.15, 0.2) is 23.1 Å². The predicted octanol–water partition coefficient (Wildman–Crippen LogP) is 0.720. The summed E-state index contributed by atoms with van der Waals surface area (Å²) in [6.45, 7) is 1.31. The third kappa shape index (κ3) is 2.08. The Labute approximate surface area is 115 Å². The molecule has 0 bridgehead atoms. The monoisotopic (exact) mass is 324 g/mol. The summed E-state index contributed by atoms with van der Waals surface area (Å²) < 4.78 is 54.1. The van der Waals surface area contributed by atoms with Crippen molar-refractivity contribution in [3.8, 4) is 0 Å². The van der Waals surface area contributed by atoms with Gasteiger partial charge in [0.05, 0.1) is 11.4 Å². The summed E-state index contributed by atoms with van der Waals surface area (Å²) in [7, 11) is -9.02. The molecule has 0 radical (unpaired) electrons. The summed E-state index contributed by atoms with van der Waals surface area (Å²) in [6.07, 6.45) is 0. The van der Waals surface area contributed by atoms with Crippen LogP contribution in [0.4, 0.5) is 11.4 Å². The van der Waals surface area contributed by atoms with E-state index in [0.29, 0.717) is 28.0 Å². The molecule has 106 valence electrons. The van der Waals surface area contributed by atoms with Crippen molar-refractivity contribution in [1.29, 1.82) is 0 Å². The molecular formula is C9H12N2O5S3. The number of hydrogen-bond acceptors (Lipinski definition) is 7. The molecule has 1 unspecified atom stereocenters. The summed E-state index contributed by atoms with van der Waals surface area (Å²) in [4.78, 5) is 0.356. The van der Waals surface area contributed by atoms with Crippen LogP contribution in [0.2, 0.25) is 0 Å². The first kappa shape index (κ1) is 14.4.